The number of aliphatic hydroxyl groups excluding tert-OH is 1. The summed E-state index contributed by atoms with van der Waals surface area (Å²) in [7, 11) is 0. The SMILES string of the molecule is Cc1[nH]nc(-c2ccsc2)c1CO. The average molecular weight is 194 g/mol. The number of H-pyrrole nitrogens is 1. The van der Waals surface area contributed by atoms with E-state index in [2.05, 4.69) is 10.2 Å². The van der Waals surface area contributed by atoms with Gasteiger partial charge in [0.25, 0.3) is 0 Å². The van der Waals surface area contributed by atoms with E-state index < -0.39 is 0 Å². The van der Waals surface area contributed by atoms with E-state index in [0.717, 1.165) is 22.5 Å². The van der Waals surface area contributed by atoms with Crippen LogP contribution in [0.1, 0.15) is 11.3 Å². The summed E-state index contributed by atoms with van der Waals surface area (Å²) in [6, 6.07) is 2.00. The maximum atomic E-state index is 9.13. The molecule has 68 valence electrons. The Morgan fingerprint density at radius 2 is 2.46 bits per heavy atom. The van der Waals surface area contributed by atoms with E-state index in [1.165, 1.54) is 0 Å². The molecule has 2 rings (SSSR count). The normalized spacial score (nSPS) is 10.6. The van der Waals surface area contributed by atoms with Crippen molar-refractivity contribution in [2.24, 2.45) is 0 Å². The van der Waals surface area contributed by atoms with Gasteiger partial charge in [-0.3, -0.25) is 5.10 Å². The second kappa shape index (κ2) is 3.32. The standard InChI is InChI=1S/C9H10N2OS/c1-6-8(4-12)9(11-10-6)7-2-3-13-5-7/h2-3,5,12H,4H2,1H3,(H,10,11). The first-order chi connectivity index (χ1) is 6.33. The maximum Gasteiger partial charge on any atom is 0.0986 e. The van der Waals surface area contributed by atoms with Crippen molar-refractivity contribution in [3.05, 3.63) is 28.1 Å². The fourth-order valence-corrected chi connectivity index (χ4v) is 1.92. The molecule has 0 saturated heterocycles. The summed E-state index contributed by atoms with van der Waals surface area (Å²) in [5.41, 5.74) is 3.75. The van der Waals surface area contributed by atoms with E-state index in [-0.39, 0.29) is 6.61 Å². The topological polar surface area (TPSA) is 48.9 Å². The van der Waals surface area contributed by atoms with Gasteiger partial charge in [-0.25, -0.2) is 0 Å². The van der Waals surface area contributed by atoms with E-state index in [9.17, 15) is 0 Å². The first-order valence-corrected chi connectivity index (χ1v) is 4.94. The van der Waals surface area contributed by atoms with Crippen LogP contribution in [0.2, 0.25) is 0 Å². The van der Waals surface area contributed by atoms with Crippen molar-refractivity contribution in [2.75, 3.05) is 0 Å². The first-order valence-electron chi connectivity index (χ1n) is 4.00. The molecule has 2 aromatic heterocycles. The lowest BCUT2D eigenvalue weighted by Gasteiger charge is -1.96. The van der Waals surface area contributed by atoms with Crippen molar-refractivity contribution in [1.82, 2.24) is 10.2 Å². The van der Waals surface area contributed by atoms with Crippen LogP contribution in [0.5, 0.6) is 0 Å². The van der Waals surface area contributed by atoms with Crippen molar-refractivity contribution in [3.8, 4) is 11.3 Å². The van der Waals surface area contributed by atoms with Crippen molar-refractivity contribution >= 4 is 11.3 Å². The summed E-state index contributed by atoms with van der Waals surface area (Å²) in [6.07, 6.45) is 0. The van der Waals surface area contributed by atoms with Crippen molar-refractivity contribution < 1.29 is 5.11 Å². The lowest BCUT2D eigenvalue weighted by atomic mass is 10.1. The molecule has 2 heterocycles. The fraction of sp³-hybridized carbons (Fsp3) is 0.222. The van der Waals surface area contributed by atoms with Crippen LogP contribution < -0.4 is 0 Å². The van der Waals surface area contributed by atoms with Crippen LogP contribution in [0.25, 0.3) is 11.3 Å². The third kappa shape index (κ3) is 1.38. The zero-order chi connectivity index (χ0) is 9.26. The van der Waals surface area contributed by atoms with E-state index in [1.54, 1.807) is 11.3 Å². The van der Waals surface area contributed by atoms with Crippen LogP contribution in [-0.2, 0) is 6.61 Å². The predicted octanol–water partition coefficient (Wildman–Crippen LogP) is 1.94. The third-order valence-electron chi connectivity index (χ3n) is 2.03. The summed E-state index contributed by atoms with van der Waals surface area (Å²) >= 11 is 1.63. The minimum absolute atomic E-state index is 0.0352. The van der Waals surface area contributed by atoms with Gasteiger partial charge in [0.2, 0.25) is 0 Å². The molecule has 2 N–H and O–H groups in total. The Balaban J connectivity index is 2.52. The van der Waals surface area contributed by atoms with Gasteiger partial charge < -0.3 is 5.11 Å². The minimum atomic E-state index is 0.0352. The van der Waals surface area contributed by atoms with E-state index in [1.807, 2.05) is 23.8 Å². The smallest absolute Gasteiger partial charge is 0.0986 e. The molecular formula is C9H10N2OS. The largest absolute Gasteiger partial charge is 0.392 e. The predicted molar refractivity (Wildman–Crippen MR) is 52.6 cm³/mol. The number of nitrogens with zero attached hydrogens (tertiary/aromatic N) is 1. The van der Waals surface area contributed by atoms with Crippen LogP contribution in [0.3, 0.4) is 0 Å². The zero-order valence-corrected chi connectivity index (χ0v) is 8.06. The summed E-state index contributed by atoms with van der Waals surface area (Å²) in [5.74, 6) is 0. The van der Waals surface area contributed by atoms with E-state index in [4.69, 9.17) is 5.11 Å². The Bertz CT molecular complexity index is 392. The average Bonchev–Trinajstić information content (AvgIpc) is 2.71. The number of nitrogens with one attached hydrogen (secondary N) is 1. The molecule has 4 heteroatoms. The highest BCUT2D eigenvalue weighted by atomic mass is 32.1. The number of hydrogen-bond acceptors (Lipinski definition) is 3. The molecule has 0 saturated carbocycles. The number of thiophene rings is 1. The summed E-state index contributed by atoms with van der Waals surface area (Å²) < 4.78 is 0. The monoisotopic (exact) mass is 194 g/mol. The van der Waals surface area contributed by atoms with E-state index in [0.29, 0.717) is 0 Å². The summed E-state index contributed by atoms with van der Waals surface area (Å²) in [4.78, 5) is 0. The Kier molecular flexibility index (Phi) is 2.16. The van der Waals surface area contributed by atoms with Gasteiger partial charge >= 0.3 is 0 Å². The molecule has 0 atom stereocenters. The third-order valence-corrected chi connectivity index (χ3v) is 2.71. The molecule has 0 aliphatic carbocycles. The molecule has 0 aliphatic rings. The molecular weight excluding hydrogens is 184 g/mol. The van der Waals surface area contributed by atoms with Gasteiger partial charge in [-0.15, -0.1) is 0 Å². The van der Waals surface area contributed by atoms with Gasteiger partial charge in [0.05, 0.1) is 12.3 Å². The molecule has 0 fully saturated rings. The molecule has 0 radical (unpaired) electrons. The lowest BCUT2D eigenvalue weighted by Crippen LogP contribution is -1.86. The molecule has 0 amide bonds. The summed E-state index contributed by atoms with van der Waals surface area (Å²) in [6.45, 7) is 1.95. The van der Waals surface area contributed by atoms with Gasteiger partial charge in [-0.05, 0) is 18.4 Å². The number of aliphatic hydroxyl groups is 1. The number of rotatable bonds is 2. The zero-order valence-electron chi connectivity index (χ0n) is 7.24. The van der Waals surface area contributed by atoms with Crippen molar-refractivity contribution in [1.29, 1.82) is 0 Å². The van der Waals surface area contributed by atoms with Crippen molar-refractivity contribution in [2.45, 2.75) is 13.5 Å². The molecule has 0 bridgehead atoms. The molecule has 0 aliphatic heterocycles. The molecule has 0 spiro atoms. The molecule has 0 unspecified atom stereocenters. The number of hydrogen-bond donors (Lipinski definition) is 2. The quantitative estimate of drug-likeness (QED) is 0.767. The highest BCUT2D eigenvalue weighted by Gasteiger charge is 2.10. The number of aromatic amines is 1. The molecule has 0 aromatic carbocycles. The number of aryl methyl sites for hydroxylation is 1. The van der Waals surface area contributed by atoms with Crippen LogP contribution in [-0.4, -0.2) is 15.3 Å². The molecule has 3 nitrogen and oxygen atoms in total. The van der Waals surface area contributed by atoms with Gasteiger partial charge in [-0.1, -0.05) is 0 Å². The first kappa shape index (κ1) is 8.47. The van der Waals surface area contributed by atoms with Gasteiger partial charge in [0.1, 0.15) is 0 Å². The molecule has 2 aromatic rings. The van der Waals surface area contributed by atoms with Gasteiger partial charge in [-0.2, -0.15) is 16.4 Å². The van der Waals surface area contributed by atoms with Crippen LogP contribution in [0, 0.1) is 6.92 Å². The second-order valence-corrected chi connectivity index (χ2v) is 3.63. The highest BCUT2D eigenvalue weighted by Crippen LogP contribution is 2.25. The Labute approximate surface area is 80.1 Å². The van der Waals surface area contributed by atoms with Crippen LogP contribution in [0.15, 0.2) is 16.8 Å². The van der Waals surface area contributed by atoms with Crippen molar-refractivity contribution in [3.63, 3.8) is 0 Å². The highest BCUT2D eigenvalue weighted by molar-refractivity contribution is 7.08. The Morgan fingerprint density at radius 1 is 1.62 bits per heavy atom. The van der Waals surface area contributed by atoms with Gasteiger partial charge in [0.15, 0.2) is 0 Å². The van der Waals surface area contributed by atoms with Gasteiger partial charge in [0, 0.05) is 22.2 Å². The molecule has 13 heavy (non-hydrogen) atoms. The fourth-order valence-electron chi connectivity index (χ4n) is 1.28. The lowest BCUT2D eigenvalue weighted by molar-refractivity contribution is 0.281. The maximum absolute atomic E-state index is 9.13. The van der Waals surface area contributed by atoms with Crippen LogP contribution >= 0.6 is 11.3 Å². The summed E-state index contributed by atoms with van der Waals surface area (Å²) in [5, 5.41) is 20.2. The minimum Gasteiger partial charge on any atom is -0.392 e. The van der Waals surface area contributed by atoms with E-state index >= 15 is 0 Å². The Morgan fingerprint density at radius 3 is 3.08 bits per heavy atom. The van der Waals surface area contributed by atoms with Crippen LogP contribution in [0.4, 0.5) is 0 Å². The Hall–Kier alpha value is -1.13. The number of aromatic nitrogens is 2. The second-order valence-electron chi connectivity index (χ2n) is 2.85.